The molecule has 3 atom stereocenters. The van der Waals surface area contributed by atoms with E-state index < -0.39 is 0 Å². The summed E-state index contributed by atoms with van der Waals surface area (Å²) in [6.45, 7) is 1.19. The number of rotatable bonds is 1. The number of hydrogen-bond donors (Lipinski definition) is 0. The van der Waals surface area contributed by atoms with E-state index in [0.29, 0.717) is 22.9 Å². The monoisotopic (exact) mass is 367 g/mol. The molecule has 4 rings (SSSR count). The zero-order chi connectivity index (χ0) is 15.3. The van der Waals surface area contributed by atoms with E-state index in [-0.39, 0.29) is 12.4 Å². The Bertz CT molecular complexity index is 716. The lowest BCUT2D eigenvalue weighted by atomic mass is 9.71. The van der Waals surface area contributed by atoms with Crippen molar-refractivity contribution in [1.82, 2.24) is 4.90 Å². The standard InChI is InChI=1S/C19H19Cl2N.ClH/c1-22-9-8-16-13-4-2-3-5-14(13)17(11-19(16)22)15-7-6-12(20)10-18(15)21;/h2-7,10,16-17,19H,8-9,11H2,1H3;1H/t16-,17+,19+;/m1./s1. The average molecular weight is 369 g/mol. The Balaban J connectivity index is 0.00000156. The Morgan fingerprint density at radius 1 is 1.00 bits per heavy atom. The topological polar surface area (TPSA) is 3.24 Å². The molecule has 0 unspecified atom stereocenters. The van der Waals surface area contributed by atoms with E-state index in [1.54, 1.807) is 0 Å². The minimum Gasteiger partial charge on any atom is -0.303 e. The molecule has 23 heavy (non-hydrogen) atoms. The van der Waals surface area contributed by atoms with Gasteiger partial charge in [0.05, 0.1) is 0 Å². The SMILES string of the molecule is CN1CC[C@@H]2c3ccccc3[C@@H](c3ccc(Cl)cc3Cl)C[C@@H]21.Cl. The number of hydrogen-bond acceptors (Lipinski definition) is 1. The molecule has 0 bridgehead atoms. The summed E-state index contributed by atoms with van der Waals surface area (Å²) in [6, 6.07) is 15.4. The minimum atomic E-state index is 0. The second-order valence-electron chi connectivity index (χ2n) is 6.53. The predicted molar refractivity (Wildman–Crippen MR) is 100 cm³/mol. The summed E-state index contributed by atoms with van der Waals surface area (Å²) in [5, 5.41) is 1.49. The lowest BCUT2D eigenvalue weighted by Crippen LogP contribution is -2.34. The maximum absolute atomic E-state index is 6.51. The van der Waals surface area contributed by atoms with E-state index in [1.807, 2.05) is 12.1 Å². The summed E-state index contributed by atoms with van der Waals surface area (Å²) >= 11 is 12.6. The van der Waals surface area contributed by atoms with Gasteiger partial charge in [0.2, 0.25) is 0 Å². The molecule has 1 saturated heterocycles. The van der Waals surface area contributed by atoms with Crippen LogP contribution in [0.25, 0.3) is 0 Å². The molecule has 2 aliphatic rings. The van der Waals surface area contributed by atoms with Gasteiger partial charge in [0, 0.05) is 27.9 Å². The first kappa shape index (κ1) is 17.1. The van der Waals surface area contributed by atoms with Crippen molar-refractivity contribution < 1.29 is 0 Å². The van der Waals surface area contributed by atoms with Crippen LogP contribution >= 0.6 is 35.6 Å². The Labute approximate surface area is 154 Å². The first-order valence-corrected chi connectivity index (χ1v) is 8.65. The molecule has 2 aromatic rings. The lowest BCUT2D eigenvalue weighted by molar-refractivity contribution is 0.265. The third-order valence-corrected chi connectivity index (χ3v) is 5.97. The fourth-order valence-electron chi connectivity index (χ4n) is 4.33. The molecule has 1 heterocycles. The van der Waals surface area contributed by atoms with Crippen molar-refractivity contribution in [2.75, 3.05) is 13.6 Å². The summed E-state index contributed by atoms with van der Waals surface area (Å²) in [4.78, 5) is 2.51. The highest BCUT2D eigenvalue weighted by Gasteiger charge is 2.41. The van der Waals surface area contributed by atoms with Crippen molar-refractivity contribution in [3.05, 3.63) is 69.2 Å². The van der Waals surface area contributed by atoms with E-state index in [1.165, 1.54) is 29.7 Å². The maximum atomic E-state index is 6.51. The van der Waals surface area contributed by atoms with Crippen LogP contribution in [0.1, 0.15) is 41.4 Å². The number of benzene rings is 2. The van der Waals surface area contributed by atoms with Crippen LogP contribution in [0.4, 0.5) is 0 Å². The van der Waals surface area contributed by atoms with Gasteiger partial charge in [0.1, 0.15) is 0 Å². The van der Waals surface area contributed by atoms with E-state index in [2.05, 4.69) is 42.3 Å². The molecule has 0 spiro atoms. The van der Waals surface area contributed by atoms with Gasteiger partial charge in [-0.05, 0) is 55.3 Å². The fourth-order valence-corrected chi connectivity index (χ4v) is 4.87. The van der Waals surface area contributed by atoms with Crippen molar-refractivity contribution in [1.29, 1.82) is 0 Å². The quantitative estimate of drug-likeness (QED) is 0.620. The van der Waals surface area contributed by atoms with Crippen molar-refractivity contribution in [3.63, 3.8) is 0 Å². The van der Waals surface area contributed by atoms with Crippen LogP contribution in [0, 0.1) is 0 Å². The van der Waals surface area contributed by atoms with Crippen LogP contribution in [0.2, 0.25) is 10.0 Å². The van der Waals surface area contributed by atoms with Crippen molar-refractivity contribution in [3.8, 4) is 0 Å². The Kier molecular flexibility index (Phi) is 4.94. The highest BCUT2D eigenvalue weighted by Crippen LogP contribution is 2.49. The highest BCUT2D eigenvalue weighted by molar-refractivity contribution is 6.35. The van der Waals surface area contributed by atoms with Gasteiger partial charge in [0.25, 0.3) is 0 Å². The molecule has 1 nitrogen and oxygen atoms in total. The van der Waals surface area contributed by atoms with Crippen molar-refractivity contribution >= 4 is 35.6 Å². The third-order valence-electron chi connectivity index (χ3n) is 5.41. The normalized spacial score (nSPS) is 26.3. The Morgan fingerprint density at radius 3 is 2.48 bits per heavy atom. The summed E-state index contributed by atoms with van der Waals surface area (Å²) in [6.07, 6.45) is 2.40. The van der Waals surface area contributed by atoms with Crippen LogP contribution < -0.4 is 0 Å². The van der Waals surface area contributed by atoms with Gasteiger partial charge in [-0.1, -0.05) is 53.5 Å². The molecule has 4 heteroatoms. The van der Waals surface area contributed by atoms with Gasteiger partial charge in [-0.15, -0.1) is 12.4 Å². The predicted octanol–water partition coefficient (Wildman–Crippen LogP) is 5.74. The van der Waals surface area contributed by atoms with Gasteiger partial charge in [0.15, 0.2) is 0 Å². The average Bonchev–Trinajstić information content (AvgIpc) is 2.88. The number of likely N-dealkylation sites (N-methyl/N-ethyl adjacent to an activating group) is 1. The van der Waals surface area contributed by atoms with Crippen molar-refractivity contribution in [2.24, 2.45) is 0 Å². The summed E-state index contributed by atoms with van der Waals surface area (Å²) in [5.74, 6) is 1.03. The molecule has 0 N–H and O–H groups in total. The molecule has 0 radical (unpaired) electrons. The summed E-state index contributed by atoms with van der Waals surface area (Å²) in [7, 11) is 2.25. The van der Waals surface area contributed by atoms with E-state index in [4.69, 9.17) is 23.2 Å². The largest absolute Gasteiger partial charge is 0.303 e. The molecule has 0 saturated carbocycles. The first-order chi connectivity index (χ1) is 10.6. The van der Waals surface area contributed by atoms with Gasteiger partial charge >= 0.3 is 0 Å². The molecular formula is C19H20Cl3N. The second kappa shape index (κ2) is 6.64. The van der Waals surface area contributed by atoms with Crippen LogP contribution in [0.3, 0.4) is 0 Å². The molecular weight excluding hydrogens is 349 g/mol. The Morgan fingerprint density at radius 2 is 1.74 bits per heavy atom. The van der Waals surface area contributed by atoms with E-state index in [9.17, 15) is 0 Å². The smallest absolute Gasteiger partial charge is 0.0459 e. The molecule has 1 aliphatic heterocycles. The van der Waals surface area contributed by atoms with Gasteiger partial charge in [-0.25, -0.2) is 0 Å². The summed E-state index contributed by atoms with van der Waals surface area (Å²) < 4.78 is 0. The van der Waals surface area contributed by atoms with Gasteiger partial charge < -0.3 is 4.90 Å². The minimum absolute atomic E-state index is 0. The third kappa shape index (κ3) is 2.89. The van der Waals surface area contributed by atoms with Crippen LogP contribution in [0.15, 0.2) is 42.5 Å². The number of halogens is 3. The molecule has 0 amide bonds. The molecule has 1 aliphatic carbocycles. The Hall–Kier alpha value is -0.730. The van der Waals surface area contributed by atoms with Gasteiger partial charge in [-0.2, -0.15) is 0 Å². The molecule has 0 aromatic heterocycles. The number of fused-ring (bicyclic) bond motifs is 3. The fraction of sp³-hybridized carbons (Fsp3) is 0.368. The van der Waals surface area contributed by atoms with Crippen molar-refractivity contribution in [2.45, 2.75) is 30.7 Å². The highest BCUT2D eigenvalue weighted by atomic mass is 35.5. The zero-order valence-electron chi connectivity index (χ0n) is 13.0. The molecule has 1 fully saturated rings. The van der Waals surface area contributed by atoms with Gasteiger partial charge in [-0.3, -0.25) is 0 Å². The lowest BCUT2D eigenvalue weighted by Gasteiger charge is -2.37. The summed E-state index contributed by atoms with van der Waals surface area (Å²) in [5.41, 5.74) is 4.17. The maximum Gasteiger partial charge on any atom is 0.0459 e. The van der Waals surface area contributed by atoms with Crippen LogP contribution in [0.5, 0.6) is 0 Å². The molecule has 122 valence electrons. The zero-order valence-corrected chi connectivity index (χ0v) is 15.3. The van der Waals surface area contributed by atoms with Crippen LogP contribution in [-0.4, -0.2) is 24.5 Å². The second-order valence-corrected chi connectivity index (χ2v) is 7.37. The van der Waals surface area contributed by atoms with E-state index >= 15 is 0 Å². The first-order valence-electron chi connectivity index (χ1n) is 7.89. The number of likely N-dealkylation sites (tertiary alicyclic amines) is 1. The number of nitrogens with zero attached hydrogens (tertiary/aromatic N) is 1. The van der Waals surface area contributed by atoms with Crippen LogP contribution in [-0.2, 0) is 0 Å². The molecule has 2 aromatic carbocycles. The van der Waals surface area contributed by atoms with E-state index in [0.717, 1.165) is 11.4 Å².